The van der Waals surface area contributed by atoms with Gasteiger partial charge >= 0.3 is 6.18 Å². The van der Waals surface area contributed by atoms with E-state index in [1.165, 1.54) is 26.4 Å². The number of benzene rings is 2. The molecule has 1 amide bonds. The molecule has 3 rings (SSSR count). The molecule has 6 nitrogen and oxygen atoms in total. The number of hydrogen-bond donors (Lipinski definition) is 1. The van der Waals surface area contributed by atoms with Crippen LogP contribution in [-0.4, -0.2) is 25.3 Å². The highest BCUT2D eigenvalue weighted by molar-refractivity contribution is 6.00. The Hall–Kier alpha value is -3.49. The largest absolute Gasteiger partial charge is 0.497 e. The van der Waals surface area contributed by atoms with Gasteiger partial charge in [0.15, 0.2) is 5.76 Å². The quantitative estimate of drug-likeness (QED) is 0.630. The van der Waals surface area contributed by atoms with E-state index in [-0.39, 0.29) is 17.9 Å². The Kier molecular flexibility index (Phi) is 6.00. The SMILES string of the molecule is COc1cc(OC)cc(-c2onc(C)c2C(=O)NCc2ccc(C(F)(F)F)cc2)c1. The molecule has 0 radical (unpaired) electrons. The van der Waals surface area contributed by atoms with Gasteiger partial charge in [-0.05, 0) is 36.8 Å². The molecule has 0 aliphatic rings. The van der Waals surface area contributed by atoms with Crippen molar-refractivity contribution in [2.45, 2.75) is 19.6 Å². The summed E-state index contributed by atoms with van der Waals surface area (Å²) in [5.74, 6) is 0.782. The van der Waals surface area contributed by atoms with Crippen LogP contribution in [0, 0.1) is 6.92 Å². The van der Waals surface area contributed by atoms with Crippen LogP contribution in [0.3, 0.4) is 0 Å². The van der Waals surface area contributed by atoms with Gasteiger partial charge in [-0.15, -0.1) is 0 Å². The highest BCUT2D eigenvalue weighted by Crippen LogP contribution is 2.33. The molecule has 0 saturated carbocycles. The molecule has 0 bridgehead atoms. The standard InChI is InChI=1S/C21H19F3N2O4/c1-12-18(19(30-26-12)14-8-16(28-2)10-17(9-14)29-3)20(27)25-11-13-4-6-15(7-5-13)21(22,23)24/h4-10H,11H2,1-3H3,(H,25,27). The van der Waals surface area contributed by atoms with Crippen molar-refractivity contribution in [3.05, 3.63) is 64.8 Å². The number of carbonyl (C=O) groups excluding carboxylic acids is 1. The lowest BCUT2D eigenvalue weighted by Crippen LogP contribution is -2.23. The average molecular weight is 420 g/mol. The molecule has 0 spiro atoms. The molecule has 30 heavy (non-hydrogen) atoms. The molecular formula is C21H19F3N2O4. The summed E-state index contributed by atoms with van der Waals surface area (Å²) in [5, 5.41) is 6.56. The number of rotatable bonds is 6. The number of halogens is 3. The smallest absolute Gasteiger partial charge is 0.416 e. The lowest BCUT2D eigenvalue weighted by atomic mass is 10.1. The minimum atomic E-state index is -4.41. The number of nitrogens with one attached hydrogen (secondary N) is 1. The third-order valence-corrected chi connectivity index (χ3v) is 4.44. The Morgan fingerprint density at radius 1 is 1.07 bits per heavy atom. The fourth-order valence-electron chi connectivity index (χ4n) is 2.85. The molecule has 1 heterocycles. The Balaban J connectivity index is 1.82. The molecule has 0 unspecified atom stereocenters. The lowest BCUT2D eigenvalue weighted by molar-refractivity contribution is -0.137. The first-order valence-electron chi connectivity index (χ1n) is 8.87. The lowest BCUT2D eigenvalue weighted by Gasteiger charge is -2.10. The summed E-state index contributed by atoms with van der Waals surface area (Å²) in [6, 6.07) is 9.61. The number of aromatic nitrogens is 1. The van der Waals surface area contributed by atoms with Crippen LogP contribution >= 0.6 is 0 Å². The van der Waals surface area contributed by atoms with Crippen LogP contribution < -0.4 is 14.8 Å². The first kappa shape index (κ1) is 21.2. The second-order valence-corrected chi connectivity index (χ2v) is 6.45. The molecule has 1 N–H and O–H groups in total. The number of nitrogens with zero attached hydrogens (tertiary/aromatic N) is 1. The highest BCUT2D eigenvalue weighted by atomic mass is 19.4. The van der Waals surface area contributed by atoms with Gasteiger partial charge in [0.25, 0.3) is 5.91 Å². The van der Waals surface area contributed by atoms with E-state index in [1.807, 2.05) is 0 Å². The summed E-state index contributed by atoms with van der Waals surface area (Å²) in [7, 11) is 3.00. The maximum Gasteiger partial charge on any atom is 0.416 e. The molecule has 0 saturated heterocycles. The zero-order chi connectivity index (χ0) is 21.9. The molecule has 0 atom stereocenters. The summed E-state index contributed by atoms with van der Waals surface area (Å²) in [6.45, 7) is 1.67. The van der Waals surface area contributed by atoms with Crippen molar-refractivity contribution in [3.63, 3.8) is 0 Å². The van der Waals surface area contributed by atoms with Gasteiger partial charge in [-0.25, -0.2) is 0 Å². The van der Waals surface area contributed by atoms with Crippen LogP contribution in [0.5, 0.6) is 11.5 Å². The van der Waals surface area contributed by atoms with Crippen molar-refractivity contribution < 1.29 is 32.0 Å². The first-order valence-corrected chi connectivity index (χ1v) is 8.87. The molecule has 0 fully saturated rings. The van der Waals surface area contributed by atoms with Gasteiger partial charge in [0.1, 0.15) is 17.1 Å². The Morgan fingerprint density at radius 2 is 1.67 bits per heavy atom. The van der Waals surface area contributed by atoms with E-state index in [4.69, 9.17) is 14.0 Å². The van der Waals surface area contributed by atoms with Crippen LogP contribution in [-0.2, 0) is 12.7 Å². The fourth-order valence-corrected chi connectivity index (χ4v) is 2.85. The van der Waals surface area contributed by atoms with Crippen molar-refractivity contribution in [1.29, 1.82) is 0 Å². The summed E-state index contributed by atoms with van der Waals surface area (Å²) in [4.78, 5) is 12.8. The fraction of sp³-hybridized carbons (Fsp3) is 0.238. The molecular weight excluding hydrogens is 401 g/mol. The molecule has 1 aromatic heterocycles. The molecule has 0 aliphatic carbocycles. The van der Waals surface area contributed by atoms with Crippen LogP contribution in [0.4, 0.5) is 13.2 Å². The molecule has 3 aromatic rings. The maximum atomic E-state index is 12.8. The van der Waals surface area contributed by atoms with Crippen molar-refractivity contribution in [3.8, 4) is 22.8 Å². The van der Waals surface area contributed by atoms with Crippen LogP contribution in [0.15, 0.2) is 47.0 Å². The van der Waals surface area contributed by atoms with Gasteiger partial charge < -0.3 is 19.3 Å². The summed E-state index contributed by atoms with van der Waals surface area (Å²) in [5.41, 5.74) is 0.900. The molecule has 158 valence electrons. The normalized spacial score (nSPS) is 11.3. The Bertz CT molecular complexity index is 1020. The number of aryl methyl sites for hydroxylation is 1. The number of carbonyl (C=O) groups is 1. The zero-order valence-corrected chi connectivity index (χ0v) is 16.5. The van der Waals surface area contributed by atoms with Crippen molar-refractivity contribution in [2.75, 3.05) is 14.2 Å². The predicted octanol–water partition coefficient (Wildman–Crippen LogP) is 4.62. The molecule has 0 aliphatic heterocycles. The molecule has 9 heteroatoms. The van der Waals surface area contributed by atoms with E-state index < -0.39 is 17.6 Å². The number of alkyl halides is 3. The monoisotopic (exact) mass is 420 g/mol. The Labute approximate surface area is 170 Å². The number of amides is 1. The van der Waals surface area contributed by atoms with Gasteiger partial charge in [-0.2, -0.15) is 13.2 Å². The first-order chi connectivity index (χ1) is 14.2. The van der Waals surface area contributed by atoms with Gasteiger partial charge in [-0.3, -0.25) is 4.79 Å². The van der Waals surface area contributed by atoms with Gasteiger partial charge in [0, 0.05) is 18.2 Å². The second kappa shape index (κ2) is 8.48. The predicted molar refractivity (Wildman–Crippen MR) is 102 cm³/mol. The van der Waals surface area contributed by atoms with Crippen molar-refractivity contribution in [1.82, 2.24) is 10.5 Å². The Morgan fingerprint density at radius 3 is 2.20 bits per heavy atom. The minimum Gasteiger partial charge on any atom is -0.497 e. The summed E-state index contributed by atoms with van der Waals surface area (Å²) < 4.78 is 53.9. The van der Waals surface area contributed by atoms with Crippen LogP contribution in [0.2, 0.25) is 0 Å². The molecule has 2 aromatic carbocycles. The van der Waals surface area contributed by atoms with E-state index in [9.17, 15) is 18.0 Å². The van der Waals surface area contributed by atoms with E-state index in [2.05, 4.69) is 10.5 Å². The van der Waals surface area contributed by atoms with E-state index >= 15 is 0 Å². The van der Waals surface area contributed by atoms with E-state index in [1.54, 1.807) is 25.1 Å². The second-order valence-electron chi connectivity index (χ2n) is 6.45. The minimum absolute atomic E-state index is 0.0441. The average Bonchev–Trinajstić information content (AvgIpc) is 3.12. The number of hydrogen-bond acceptors (Lipinski definition) is 5. The van der Waals surface area contributed by atoms with Gasteiger partial charge in [-0.1, -0.05) is 17.3 Å². The van der Waals surface area contributed by atoms with Crippen LogP contribution in [0.1, 0.15) is 27.2 Å². The third kappa shape index (κ3) is 4.56. The maximum absolute atomic E-state index is 12.8. The summed E-state index contributed by atoms with van der Waals surface area (Å²) >= 11 is 0. The van der Waals surface area contributed by atoms with E-state index in [0.29, 0.717) is 28.3 Å². The number of methoxy groups -OCH3 is 2. The third-order valence-electron chi connectivity index (χ3n) is 4.44. The number of ether oxygens (including phenoxy) is 2. The van der Waals surface area contributed by atoms with Gasteiger partial charge in [0.05, 0.1) is 25.5 Å². The topological polar surface area (TPSA) is 73.6 Å². The van der Waals surface area contributed by atoms with E-state index in [0.717, 1.165) is 12.1 Å². The zero-order valence-electron chi connectivity index (χ0n) is 16.5. The highest BCUT2D eigenvalue weighted by Gasteiger charge is 2.30. The van der Waals surface area contributed by atoms with Crippen LogP contribution in [0.25, 0.3) is 11.3 Å². The van der Waals surface area contributed by atoms with Crippen molar-refractivity contribution in [2.24, 2.45) is 0 Å². The van der Waals surface area contributed by atoms with Gasteiger partial charge in [0.2, 0.25) is 0 Å². The summed E-state index contributed by atoms with van der Waals surface area (Å²) in [6.07, 6.45) is -4.41. The van der Waals surface area contributed by atoms with Crippen molar-refractivity contribution >= 4 is 5.91 Å².